The standard InChI is InChI=1S/C29H29N3O5/c1-3-36-25(33)18-30-17-19-10-13-22(14-11-19)31-27(20-8-6-5-7-9-20)26-23-15-12-21(29(35)37-4-2)16-24(23)32-28(26)34/h5-16,30,32,34H,3-4,17-18H2,1-2H3. The molecule has 0 radical (unpaired) electrons. The lowest BCUT2D eigenvalue weighted by molar-refractivity contribution is -0.142. The summed E-state index contributed by atoms with van der Waals surface area (Å²) in [6.45, 7) is 4.82. The topological polar surface area (TPSA) is 113 Å². The summed E-state index contributed by atoms with van der Waals surface area (Å²) in [4.78, 5) is 31.6. The summed E-state index contributed by atoms with van der Waals surface area (Å²) >= 11 is 0. The third kappa shape index (κ3) is 6.23. The van der Waals surface area contributed by atoms with Crippen LogP contribution in [0.3, 0.4) is 0 Å². The SMILES string of the molecule is CCOC(=O)CNCc1ccc(N=C(c2ccccc2)c2c(O)[nH]c3cc(C(=O)OCC)ccc23)cc1. The highest BCUT2D eigenvalue weighted by molar-refractivity contribution is 6.22. The van der Waals surface area contributed by atoms with Crippen molar-refractivity contribution in [3.63, 3.8) is 0 Å². The Morgan fingerprint density at radius 3 is 2.35 bits per heavy atom. The van der Waals surface area contributed by atoms with Crippen LogP contribution in [-0.2, 0) is 20.8 Å². The van der Waals surface area contributed by atoms with Gasteiger partial charge in [-0.25, -0.2) is 9.79 Å². The molecule has 1 aromatic heterocycles. The molecule has 0 aliphatic carbocycles. The molecule has 0 aliphatic rings. The molecule has 8 heteroatoms. The first-order chi connectivity index (χ1) is 18.0. The Kier molecular flexibility index (Phi) is 8.33. The van der Waals surface area contributed by atoms with E-state index >= 15 is 0 Å². The van der Waals surface area contributed by atoms with Gasteiger partial charge >= 0.3 is 11.9 Å². The number of H-pyrrole nitrogens is 1. The van der Waals surface area contributed by atoms with E-state index in [1.807, 2.05) is 54.6 Å². The smallest absolute Gasteiger partial charge is 0.338 e. The minimum atomic E-state index is -0.422. The molecule has 4 rings (SSSR count). The monoisotopic (exact) mass is 499 g/mol. The molecular formula is C29H29N3O5. The van der Waals surface area contributed by atoms with Crippen molar-refractivity contribution in [2.75, 3.05) is 19.8 Å². The molecule has 0 aliphatic heterocycles. The van der Waals surface area contributed by atoms with Crippen LogP contribution in [0.4, 0.5) is 5.69 Å². The fourth-order valence-electron chi connectivity index (χ4n) is 3.96. The van der Waals surface area contributed by atoms with E-state index in [1.54, 1.807) is 32.0 Å². The molecule has 0 fully saturated rings. The lowest BCUT2D eigenvalue weighted by Crippen LogP contribution is -2.24. The van der Waals surface area contributed by atoms with Gasteiger partial charge in [-0.15, -0.1) is 0 Å². The summed E-state index contributed by atoms with van der Waals surface area (Å²) in [5.41, 5.74) is 4.64. The largest absolute Gasteiger partial charge is 0.494 e. The highest BCUT2D eigenvalue weighted by Crippen LogP contribution is 2.32. The van der Waals surface area contributed by atoms with Gasteiger partial charge in [-0.3, -0.25) is 4.79 Å². The van der Waals surface area contributed by atoms with Crippen molar-refractivity contribution in [2.24, 2.45) is 4.99 Å². The first-order valence-electron chi connectivity index (χ1n) is 12.1. The van der Waals surface area contributed by atoms with Crippen molar-refractivity contribution < 1.29 is 24.2 Å². The molecule has 0 saturated heterocycles. The van der Waals surface area contributed by atoms with Gasteiger partial charge in [0.05, 0.1) is 42.3 Å². The second-order valence-electron chi connectivity index (χ2n) is 8.23. The molecule has 0 atom stereocenters. The lowest BCUT2D eigenvalue weighted by atomic mass is 10.00. The van der Waals surface area contributed by atoms with Crippen LogP contribution in [0, 0.1) is 0 Å². The average molecular weight is 500 g/mol. The molecule has 0 bridgehead atoms. The predicted molar refractivity (Wildman–Crippen MR) is 142 cm³/mol. The number of hydrogen-bond donors (Lipinski definition) is 3. The number of nitrogens with zero attached hydrogens (tertiary/aromatic N) is 1. The van der Waals surface area contributed by atoms with Crippen LogP contribution in [0.2, 0.25) is 0 Å². The molecule has 0 spiro atoms. The number of aromatic hydroxyl groups is 1. The lowest BCUT2D eigenvalue weighted by Gasteiger charge is -2.09. The van der Waals surface area contributed by atoms with E-state index in [2.05, 4.69) is 10.3 Å². The number of aromatic amines is 1. The van der Waals surface area contributed by atoms with Gasteiger partial charge in [0, 0.05) is 23.0 Å². The summed E-state index contributed by atoms with van der Waals surface area (Å²) in [5.74, 6) is -0.753. The Morgan fingerprint density at radius 2 is 1.65 bits per heavy atom. The van der Waals surface area contributed by atoms with Crippen LogP contribution in [-0.4, -0.2) is 47.5 Å². The van der Waals surface area contributed by atoms with Gasteiger partial charge < -0.3 is 24.9 Å². The van der Waals surface area contributed by atoms with Crippen molar-refractivity contribution in [2.45, 2.75) is 20.4 Å². The highest BCUT2D eigenvalue weighted by atomic mass is 16.5. The third-order valence-corrected chi connectivity index (χ3v) is 5.65. The molecule has 4 aromatic rings. The molecule has 3 N–H and O–H groups in total. The molecule has 0 saturated carbocycles. The maximum Gasteiger partial charge on any atom is 0.338 e. The van der Waals surface area contributed by atoms with Gasteiger partial charge in [-0.2, -0.15) is 0 Å². The van der Waals surface area contributed by atoms with Gasteiger partial charge in [0.1, 0.15) is 0 Å². The maximum absolute atomic E-state index is 12.2. The van der Waals surface area contributed by atoms with Gasteiger partial charge in [0.15, 0.2) is 5.88 Å². The number of aliphatic imine (C=N–C) groups is 1. The minimum absolute atomic E-state index is 0.0432. The van der Waals surface area contributed by atoms with Crippen molar-refractivity contribution in [3.8, 4) is 5.88 Å². The van der Waals surface area contributed by atoms with Crippen LogP contribution >= 0.6 is 0 Å². The fraction of sp³-hybridized carbons (Fsp3) is 0.207. The van der Waals surface area contributed by atoms with E-state index in [0.717, 1.165) is 16.5 Å². The Balaban J connectivity index is 1.66. The number of esters is 2. The van der Waals surface area contributed by atoms with E-state index in [1.165, 1.54) is 0 Å². The summed E-state index contributed by atoms with van der Waals surface area (Å²) in [6.07, 6.45) is 0. The van der Waals surface area contributed by atoms with Gasteiger partial charge in [-0.1, -0.05) is 48.5 Å². The summed E-state index contributed by atoms with van der Waals surface area (Å²) in [5, 5.41) is 14.7. The number of ether oxygens (including phenoxy) is 2. The molecule has 37 heavy (non-hydrogen) atoms. The number of carbonyl (C=O) groups is 2. The Labute approximate surface area is 215 Å². The fourth-order valence-corrected chi connectivity index (χ4v) is 3.96. The van der Waals surface area contributed by atoms with Crippen molar-refractivity contribution in [1.29, 1.82) is 0 Å². The van der Waals surface area contributed by atoms with Crippen molar-refractivity contribution in [3.05, 3.63) is 95.1 Å². The van der Waals surface area contributed by atoms with Gasteiger partial charge in [0.2, 0.25) is 0 Å². The van der Waals surface area contributed by atoms with Crippen molar-refractivity contribution in [1.82, 2.24) is 10.3 Å². The average Bonchev–Trinajstić information content (AvgIpc) is 3.23. The number of rotatable bonds is 10. The highest BCUT2D eigenvalue weighted by Gasteiger charge is 2.20. The third-order valence-electron chi connectivity index (χ3n) is 5.65. The van der Waals surface area contributed by atoms with Crippen LogP contribution in [0.5, 0.6) is 5.88 Å². The van der Waals surface area contributed by atoms with Crippen LogP contribution < -0.4 is 5.32 Å². The first kappa shape index (κ1) is 25.7. The molecule has 190 valence electrons. The number of fused-ring (bicyclic) bond motifs is 1. The summed E-state index contributed by atoms with van der Waals surface area (Å²) in [7, 11) is 0. The van der Waals surface area contributed by atoms with Crippen LogP contribution in [0.1, 0.15) is 40.9 Å². The Hall–Kier alpha value is -4.43. The molecule has 1 heterocycles. The number of carbonyl (C=O) groups excluding carboxylic acids is 2. The van der Waals surface area contributed by atoms with Crippen molar-refractivity contribution >= 4 is 34.2 Å². The second kappa shape index (κ2) is 12.0. The number of nitrogens with one attached hydrogen (secondary N) is 2. The van der Waals surface area contributed by atoms with E-state index in [-0.39, 0.29) is 25.0 Å². The number of hydrogen-bond acceptors (Lipinski definition) is 7. The second-order valence-corrected chi connectivity index (χ2v) is 8.23. The van der Waals surface area contributed by atoms with Crippen LogP contribution in [0.15, 0.2) is 77.8 Å². The maximum atomic E-state index is 12.2. The molecular weight excluding hydrogens is 470 g/mol. The molecule has 8 nitrogen and oxygen atoms in total. The Morgan fingerprint density at radius 1 is 0.919 bits per heavy atom. The van der Waals surface area contributed by atoms with E-state index < -0.39 is 5.97 Å². The van der Waals surface area contributed by atoms with E-state index in [9.17, 15) is 14.7 Å². The summed E-state index contributed by atoms with van der Waals surface area (Å²) < 4.78 is 10.0. The van der Waals surface area contributed by atoms with E-state index in [0.29, 0.717) is 41.2 Å². The summed E-state index contributed by atoms with van der Waals surface area (Å²) in [6, 6.07) is 22.3. The van der Waals surface area contributed by atoms with E-state index in [4.69, 9.17) is 14.5 Å². The van der Waals surface area contributed by atoms with Gasteiger partial charge in [-0.05, 0) is 43.7 Å². The quantitative estimate of drug-likeness (QED) is 0.212. The van der Waals surface area contributed by atoms with Crippen LogP contribution in [0.25, 0.3) is 10.9 Å². The Bertz CT molecular complexity index is 1410. The van der Waals surface area contributed by atoms with Gasteiger partial charge in [0.25, 0.3) is 0 Å². The predicted octanol–water partition coefficient (Wildman–Crippen LogP) is 4.87. The minimum Gasteiger partial charge on any atom is -0.494 e. The normalized spacial score (nSPS) is 11.5. The number of benzene rings is 3. The zero-order valence-corrected chi connectivity index (χ0v) is 20.8. The molecule has 3 aromatic carbocycles. The molecule has 0 amide bonds. The molecule has 0 unspecified atom stereocenters. The zero-order valence-electron chi connectivity index (χ0n) is 20.8. The zero-order chi connectivity index (χ0) is 26.2. The number of aromatic nitrogens is 1. The first-order valence-corrected chi connectivity index (χ1v) is 12.1.